The third kappa shape index (κ3) is 5.09. The molecule has 1 saturated heterocycles. The lowest BCUT2D eigenvalue weighted by molar-refractivity contribution is 0.0326. The van der Waals surface area contributed by atoms with Crippen LogP contribution in [-0.4, -0.2) is 50.4 Å². The van der Waals surface area contributed by atoms with E-state index in [1.54, 1.807) is 12.1 Å². The molecular formula is C22H32BrN3O3S. The van der Waals surface area contributed by atoms with Gasteiger partial charge in [-0.1, -0.05) is 25.7 Å². The van der Waals surface area contributed by atoms with Crippen molar-refractivity contribution in [3.63, 3.8) is 0 Å². The van der Waals surface area contributed by atoms with Crippen molar-refractivity contribution in [1.82, 2.24) is 14.9 Å². The Labute approximate surface area is 188 Å². The molecule has 166 valence electrons. The van der Waals surface area contributed by atoms with Gasteiger partial charge in [-0.25, -0.2) is 13.1 Å². The van der Waals surface area contributed by atoms with Crippen LogP contribution in [-0.2, 0) is 10.0 Å². The average molecular weight is 498 g/mol. The fourth-order valence-electron chi connectivity index (χ4n) is 4.86. The lowest BCUT2D eigenvalue weighted by Crippen LogP contribution is -2.58. The molecule has 0 aromatic heterocycles. The summed E-state index contributed by atoms with van der Waals surface area (Å²) in [5, 5.41) is 3.15. The normalized spacial score (nSPS) is 22.6. The van der Waals surface area contributed by atoms with E-state index in [9.17, 15) is 13.2 Å². The average Bonchev–Trinajstić information content (AvgIpc) is 3.57. The standard InChI is InChI=1S/C22H32BrN3O3S/c23-20-10-9-18(30(28,29)25-17-7-8-17)15-19(20)21(27)24-16-22(11-3-1-4-12-22)26-13-5-2-6-14-26/h9-10,15,17,25H,1-8,11-14,16H2,(H,24,27). The topological polar surface area (TPSA) is 78.5 Å². The molecule has 2 saturated carbocycles. The van der Waals surface area contributed by atoms with Gasteiger partial charge in [0.25, 0.3) is 5.91 Å². The first kappa shape index (κ1) is 22.2. The number of nitrogens with zero attached hydrogens (tertiary/aromatic N) is 1. The summed E-state index contributed by atoms with van der Waals surface area (Å²) in [7, 11) is -3.59. The zero-order chi connectivity index (χ0) is 21.2. The Hall–Kier alpha value is -0.960. The number of carbonyl (C=O) groups is 1. The van der Waals surface area contributed by atoms with Crippen molar-refractivity contribution < 1.29 is 13.2 Å². The van der Waals surface area contributed by atoms with Gasteiger partial charge in [-0.2, -0.15) is 0 Å². The van der Waals surface area contributed by atoms with Gasteiger partial charge in [-0.3, -0.25) is 9.69 Å². The number of piperidine rings is 1. The zero-order valence-corrected chi connectivity index (χ0v) is 19.9. The second kappa shape index (κ2) is 9.27. The Kier molecular flexibility index (Phi) is 6.87. The van der Waals surface area contributed by atoms with Crippen molar-refractivity contribution in [2.45, 2.75) is 80.7 Å². The highest BCUT2D eigenvalue weighted by Crippen LogP contribution is 2.35. The Morgan fingerprint density at radius 1 is 1.07 bits per heavy atom. The van der Waals surface area contributed by atoms with Crippen molar-refractivity contribution in [3.05, 3.63) is 28.2 Å². The molecule has 30 heavy (non-hydrogen) atoms. The van der Waals surface area contributed by atoms with Gasteiger partial charge in [0.1, 0.15) is 0 Å². The molecule has 1 amide bonds. The molecule has 1 aromatic rings. The van der Waals surface area contributed by atoms with Gasteiger partial charge in [-0.15, -0.1) is 0 Å². The van der Waals surface area contributed by atoms with E-state index in [2.05, 4.69) is 30.9 Å². The number of likely N-dealkylation sites (tertiary alicyclic amines) is 1. The maximum atomic E-state index is 13.1. The van der Waals surface area contributed by atoms with Crippen LogP contribution in [0.25, 0.3) is 0 Å². The molecule has 8 heteroatoms. The van der Waals surface area contributed by atoms with Crippen LogP contribution in [0.1, 0.15) is 74.6 Å². The summed E-state index contributed by atoms with van der Waals surface area (Å²) in [6, 6.07) is 4.71. The van der Waals surface area contributed by atoms with Crippen LogP contribution < -0.4 is 10.0 Å². The lowest BCUT2D eigenvalue weighted by atomic mass is 9.79. The largest absolute Gasteiger partial charge is 0.350 e. The molecule has 0 radical (unpaired) electrons. The van der Waals surface area contributed by atoms with Crippen LogP contribution in [0.5, 0.6) is 0 Å². The van der Waals surface area contributed by atoms with E-state index in [-0.39, 0.29) is 22.4 Å². The third-order valence-electron chi connectivity index (χ3n) is 6.78. The molecule has 0 spiro atoms. The highest BCUT2D eigenvalue weighted by molar-refractivity contribution is 9.10. The van der Waals surface area contributed by atoms with Crippen LogP contribution >= 0.6 is 15.9 Å². The molecule has 1 aliphatic heterocycles. The summed E-state index contributed by atoms with van der Waals surface area (Å²) in [6.07, 6.45) is 11.4. The summed E-state index contributed by atoms with van der Waals surface area (Å²) >= 11 is 3.43. The van der Waals surface area contributed by atoms with Crippen molar-refractivity contribution in [2.24, 2.45) is 0 Å². The quantitative estimate of drug-likeness (QED) is 0.600. The van der Waals surface area contributed by atoms with Gasteiger partial charge in [0, 0.05) is 22.6 Å². The molecule has 2 N–H and O–H groups in total. The number of hydrogen-bond acceptors (Lipinski definition) is 4. The molecule has 4 rings (SSSR count). The summed E-state index contributed by atoms with van der Waals surface area (Å²) in [4.78, 5) is 15.8. The van der Waals surface area contributed by atoms with Crippen LogP contribution in [0.2, 0.25) is 0 Å². The van der Waals surface area contributed by atoms with E-state index in [0.717, 1.165) is 38.8 Å². The van der Waals surface area contributed by atoms with E-state index in [4.69, 9.17) is 0 Å². The van der Waals surface area contributed by atoms with Crippen LogP contribution in [0, 0.1) is 0 Å². The maximum absolute atomic E-state index is 13.1. The number of amides is 1. The second-order valence-electron chi connectivity index (χ2n) is 9.05. The number of nitrogens with one attached hydrogen (secondary N) is 2. The fraction of sp³-hybridized carbons (Fsp3) is 0.682. The Morgan fingerprint density at radius 2 is 1.73 bits per heavy atom. The Balaban J connectivity index is 1.49. The molecule has 0 unspecified atom stereocenters. The minimum atomic E-state index is -3.59. The Bertz CT molecular complexity index is 874. The fourth-order valence-corrected chi connectivity index (χ4v) is 6.61. The molecule has 3 fully saturated rings. The van der Waals surface area contributed by atoms with Crippen molar-refractivity contribution in [3.8, 4) is 0 Å². The minimum absolute atomic E-state index is 0.0339. The number of hydrogen-bond donors (Lipinski definition) is 2. The first-order valence-electron chi connectivity index (χ1n) is 11.2. The van der Waals surface area contributed by atoms with E-state index < -0.39 is 10.0 Å². The van der Waals surface area contributed by atoms with Gasteiger partial charge < -0.3 is 5.32 Å². The number of sulfonamides is 1. The lowest BCUT2D eigenvalue weighted by Gasteiger charge is -2.48. The molecule has 6 nitrogen and oxygen atoms in total. The van der Waals surface area contributed by atoms with E-state index >= 15 is 0 Å². The van der Waals surface area contributed by atoms with Crippen LogP contribution in [0.15, 0.2) is 27.6 Å². The van der Waals surface area contributed by atoms with E-state index in [0.29, 0.717) is 16.6 Å². The smallest absolute Gasteiger partial charge is 0.252 e. The molecule has 1 aromatic carbocycles. The minimum Gasteiger partial charge on any atom is -0.350 e. The molecule has 0 bridgehead atoms. The summed E-state index contributed by atoms with van der Waals surface area (Å²) < 4.78 is 28.4. The first-order valence-corrected chi connectivity index (χ1v) is 13.5. The van der Waals surface area contributed by atoms with E-state index in [1.807, 2.05) is 0 Å². The number of carbonyl (C=O) groups excluding carboxylic acids is 1. The molecule has 1 heterocycles. The van der Waals surface area contributed by atoms with Crippen molar-refractivity contribution in [2.75, 3.05) is 19.6 Å². The predicted octanol–water partition coefficient (Wildman–Crippen LogP) is 3.81. The second-order valence-corrected chi connectivity index (χ2v) is 11.6. The highest BCUT2D eigenvalue weighted by atomic mass is 79.9. The molecule has 0 atom stereocenters. The third-order valence-corrected chi connectivity index (χ3v) is 8.99. The van der Waals surface area contributed by atoms with Gasteiger partial charge in [0.15, 0.2) is 0 Å². The monoisotopic (exact) mass is 497 g/mol. The number of halogens is 1. The van der Waals surface area contributed by atoms with Crippen molar-refractivity contribution >= 4 is 31.9 Å². The van der Waals surface area contributed by atoms with Crippen LogP contribution in [0.4, 0.5) is 0 Å². The number of benzene rings is 1. The summed E-state index contributed by atoms with van der Waals surface area (Å²) in [5.41, 5.74) is 0.413. The first-order chi connectivity index (χ1) is 14.4. The SMILES string of the molecule is O=C(NCC1(N2CCCCC2)CCCCC1)c1cc(S(=O)(=O)NC2CC2)ccc1Br. The summed E-state index contributed by atoms with van der Waals surface area (Å²) in [5.74, 6) is -0.215. The Morgan fingerprint density at radius 3 is 2.40 bits per heavy atom. The van der Waals surface area contributed by atoms with E-state index in [1.165, 1.54) is 44.6 Å². The molecular weight excluding hydrogens is 466 g/mol. The van der Waals surface area contributed by atoms with Gasteiger partial charge in [-0.05, 0) is 85.7 Å². The van der Waals surface area contributed by atoms with Gasteiger partial charge in [0.05, 0.1) is 10.5 Å². The zero-order valence-electron chi connectivity index (χ0n) is 17.5. The van der Waals surface area contributed by atoms with Gasteiger partial charge >= 0.3 is 0 Å². The van der Waals surface area contributed by atoms with Crippen LogP contribution in [0.3, 0.4) is 0 Å². The van der Waals surface area contributed by atoms with Crippen molar-refractivity contribution in [1.29, 1.82) is 0 Å². The molecule has 2 aliphatic carbocycles. The highest BCUT2D eigenvalue weighted by Gasteiger charge is 2.38. The molecule has 3 aliphatic rings. The summed E-state index contributed by atoms with van der Waals surface area (Å²) in [6.45, 7) is 2.84. The predicted molar refractivity (Wildman–Crippen MR) is 121 cm³/mol. The maximum Gasteiger partial charge on any atom is 0.252 e. The van der Waals surface area contributed by atoms with Gasteiger partial charge in [0.2, 0.25) is 10.0 Å². The number of rotatable bonds is 7.